The highest BCUT2D eigenvalue weighted by Crippen LogP contribution is 2.26. The smallest absolute Gasteiger partial charge is 0.227 e. The van der Waals surface area contributed by atoms with E-state index in [-0.39, 0.29) is 11.7 Å². The monoisotopic (exact) mass is 425 g/mol. The highest BCUT2D eigenvalue weighted by atomic mass is 32.2. The minimum atomic E-state index is -3.36. The lowest BCUT2D eigenvalue weighted by Gasteiger charge is -2.31. The minimum absolute atomic E-state index is 0.0411. The van der Waals surface area contributed by atoms with Gasteiger partial charge in [-0.25, -0.2) is 12.7 Å². The molecule has 6 nitrogen and oxygen atoms in total. The third-order valence-electron chi connectivity index (χ3n) is 5.62. The molecule has 1 saturated heterocycles. The van der Waals surface area contributed by atoms with Gasteiger partial charge in [-0.15, -0.1) is 0 Å². The molecule has 1 aliphatic heterocycles. The first-order chi connectivity index (χ1) is 14.4. The fraction of sp³-hybridized carbons (Fsp3) is 0.391. The molecule has 0 N–H and O–H groups in total. The average molecular weight is 426 g/mol. The lowest BCUT2D eigenvalue weighted by molar-refractivity contribution is 0.247. The maximum atomic E-state index is 13.0. The molecule has 0 spiro atoms. The van der Waals surface area contributed by atoms with Crippen LogP contribution >= 0.6 is 0 Å². The van der Waals surface area contributed by atoms with E-state index < -0.39 is 10.0 Å². The van der Waals surface area contributed by atoms with Crippen LogP contribution in [0.3, 0.4) is 0 Å². The van der Waals surface area contributed by atoms with E-state index in [0.717, 1.165) is 35.1 Å². The van der Waals surface area contributed by atoms with Crippen molar-refractivity contribution in [3.63, 3.8) is 0 Å². The summed E-state index contributed by atoms with van der Waals surface area (Å²) in [4.78, 5) is 4.55. The van der Waals surface area contributed by atoms with Crippen molar-refractivity contribution in [3.8, 4) is 11.4 Å². The van der Waals surface area contributed by atoms with Crippen LogP contribution in [0.2, 0.25) is 0 Å². The molecule has 4 rings (SSSR count). The van der Waals surface area contributed by atoms with Gasteiger partial charge in [-0.1, -0.05) is 59.3 Å². The van der Waals surface area contributed by atoms with Crippen LogP contribution in [0.4, 0.5) is 0 Å². The van der Waals surface area contributed by atoms with Crippen LogP contribution < -0.4 is 0 Å². The summed E-state index contributed by atoms with van der Waals surface area (Å²) in [5.41, 5.74) is 3.95. The van der Waals surface area contributed by atoms with Crippen LogP contribution in [-0.4, -0.2) is 36.0 Å². The van der Waals surface area contributed by atoms with Gasteiger partial charge in [0, 0.05) is 25.1 Å². The first-order valence-corrected chi connectivity index (χ1v) is 11.9. The van der Waals surface area contributed by atoms with Gasteiger partial charge in [0.15, 0.2) is 0 Å². The first-order valence-electron chi connectivity index (χ1n) is 10.3. The van der Waals surface area contributed by atoms with Crippen LogP contribution in [0.1, 0.15) is 35.4 Å². The molecular formula is C23H27N3O3S. The Bertz CT molecular complexity index is 1120. The number of aromatic nitrogens is 2. The first kappa shape index (κ1) is 20.8. The molecule has 1 fully saturated rings. The average Bonchev–Trinajstić information content (AvgIpc) is 3.16. The second-order valence-corrected chi connectivity index (χ2v) is 10.1. The van der Waals surface area contributed by atoms with Crippen LogP contribution in [0.15, 0.2) is 53.1 Å². The lowest BCUT2D eigenvalue weighted by atomic mass is 9.96. The number of sulfonamides is 1. The number of piperidine rings is 1. The Morgan fingerprint density at radius 1 is 1.13 bits per heavy atom. The Morgan fingerprint density at radius 2 is 1.97 bits per heavy atom. The van der Waals surface area contributed by atoms with E-state index in [0.29, 0.717) is 31.2 Å². The van der Waals surface area contributed by atoms with Crippen molar-refractivity contribution in [2.45, 2.75) is 38.9 Å². The lowest BCUT2D eigenvalue weighted by Crippen LogP contribution is -2.41. The van der Waals surface area contributed by atoms with Crippen molar-refractivity contribution in [1.29, 1.82) is 0 Å². The van der Waals surface area contributed by atoms with Gasteiger partial charge in [0.25, 0.3) is 0 Å². The number of rotatable bonds is 6. The molecule has 1 aliphatic rings. The number of nitrogens with zero attached hydrogens (tertiary/aromatic N) is 3. The summed E-state index contributed by atoms with van der Waals surface area (Å²) in [6, 6.07) is 15.6. The molecule has 0 amide bonds. The maximum Gasteiger partial charge on any atom is 0.227 e. The molecule has 1 unspecified atom stereocenters. The van der Waals surface area contributed by atoms with E-state index in [1.807, 2.05) is 62.4 Å². The quantitative estimate of drug-likeness (QED) is 0.593. The Hall–Kier alpha value is -2.51. The van der Waals surface area contributed by atoms with Gasteiger partial charge in [0.1, 0.15) is 0 Å². The van der Waals surface area contributed by atoms with Gasteiger partial charge >= 0.3 is 0 Å². The van der Waals surface area contributed by atoms with E-state index in [1.54, 1.807) is 4.31 Å². The standard InChI is InChI=1S/C23H27N3O3S/c1-17-7-5-9-20(13-17)16-30(27,28)26-12-6-10-19(15-26)14-22-24-23(25-29-22)21-11-4-3-8-18(21)2/h3-5,7-9,11,13,19H,6,10,12,14-16H2,1-2H3. The van der Waals surface area contributed by atoms with Gasteiger partial charge in [-0.3, -0.25) is 0 Å². The molecule has 1 atom stereocenters. The number of benzene rings is 2. The Labute approximate surface area is 178 Å². The summed E-state index contributed by atoms with van der Waals surface area (Å²) in [6.07, 6.45) is 2.39. The molecular weight excluding hydrogens is 398 g/mol. The summed E-state index contributed by atoms with van der Waals surface area (Å²) < 4.78 is 33.0. The fourth-order valence-electron chi connectivity index (χ4n) is 4.07. The molecule has 0 saturated carbocycles. The van der Waals surface area contributed by atoms with Gasteiger partial charge in [0.05, 0.1) is 5.75 Å². The second kappa shape index (κ2) is 8.70. The number of hydrogen-bond acceptors (Lipinski definition) is 5. The van der Waals surface area contributed by atoms with Crippen LogP contribution in [0.5, 0.6) is 0 Å². The summed E-state index contributed by atoms with van der Waals surface area (Å²) in [6.45, 7) is 5.06. The maximum absolute atomic E-state index is 13.0. The largest absolute Gasteiger partial charge is 0.339 e. The molecule has 158 valence electrons. The molecule has 0 bridgehead atoms. The molecule has 0 radical (unpaired) electrons. The summed E-state index contributed by atoms with van der Waals surface area (Å²) in [7, 11) is -3.36. The normalized spacial score (nSPS) is 17.9. The van der Waals surface area contributed by atoms with E-state index in [2.05, 4.69) is 10.1 Å². The van der Waals surface area contributed by atoms with E-state index in [1.165, 1.54) is 0 Å². The minimum Gasteiger partial charge on any atom is -0.339 e. The van der Waals surface area contributed by atoms with Crippen LogP contribution in [-0.2, 0) is 22.2 Å². The third-order valence-corrected chi connectivity index (χ3v) is 7.44. The van der Waals surface area contributed by atoms with Crippen LogP contribution in [0.25, 0.3) is 11.4 Å². The molecule has 3 aromatic rings. The van der Waals surface area contributed by atoms with Crippen molar-refractivity contribution in [1.82, 2.24) is 14.4 Å². The number of hydrogen-bond donors (Lipinski definition) is 0. The van der Waals surface area contributed by atoms with Gasteiger partial charge < -0.3 is 4.52 Å². The van der Waals surface area contributed by atoms with Crippen molar-refractivity contribution >= 4 is 10.0 Å². The second-order valence-electron chi connectivity index (χ2n) is 8.14. The zero-order chi connectivity index (χ0) is 21.1. The highest BCUT2D eigenvalue weighted by molar-refractivity contribution is 7.88. The molecule has 1 aromatic heterocycles. The van der Waals surface area contributed by atoms with Gasteiger partial charge in [-0.2, -0.15) is 4.98 Å². The Kier molecular flexibility index (Phi) is 6.01. The topological polar surface area (TPSA) is 76.3 Å². The van der Waals surface area contributed by atoms with Crippen molar-refractivity contribution in [2.75, 3.05) is 13.1 Å². The van der Waals surface area contributed by atoms with Crippen molar-refractivity contribution in [2.24, 2.45) is 5.92 Å². The molecule has 0 aliphatic carbocycles. The van der Waals surface area contributed by atoms with Gasteiger partial charge in [0.2, 0.25) is 21.7 Å². The molecule has 30 heavy (non-hydrogen) atoms. The van der Waals surface area contributed by atoms with E-state index >= 15 is 0 Å². The number of aryl methyl sites for hydroxylation is 2. The predicted molar refractivity (Wildman–Crippen MR) is 116 cm³/mol. The zero-order valence-electron chi connectivity index (χ0n) is 17.4. The Balaban J connectivity index is 1.42. The van der Waals surface area contributed by atoms with E-state index in [9.17, 15) is 8.42 Å². The van der Waals surface area contributed by atoms with E-state index in [4.69, 9.17) is 4.52 Å². The molecule has 2 heterocycles. The summed E-state index contributed by atoms with van der Waals surface area (Å²) >= 11 is 0. The highest BCUT2D eigenvalue weighted by Gasteiger charge is 2.30. The van der Waals surface area contributed by atoms with Crippen LogP contribution in [0, 0.1) is 19.8 Å². The SMILES string of the molecule is Cc1cccc(CS(=O)(=O)N2CCCC(Cc3nc(-c4ccccc4C)no3)C2)c1. The fourth-order valence-corrected chi connectivity index (χ4v) is 5.70. The summed E-state index contributed by atoms with van der Waals surface area (Å²) in [5.74, 6) is 1.37. The third kappa shape index (κ3) is 4.79. The van der Waals surface area contributed by atoms with Crippen molar-refractivity contribution in [3.05, 3.63) is 71.1 Å². The van der Waals surface area contributed by atoms with Crippen molar-refractivity contribution < 1.29 is 12.9 Å². The Morgan fingerprint density at radius 3 is 2.77 bits per heavy atom. The zero-order valence-corrected chi connectivity index (χ0v) is 18.2. The molecule has 2 aromatic carbocycles. The molecule has 7 heteroatoms. The van der Waals surface area contributed by atoms with Gasteiger partial charge in [-0.05, 0) is 43.7 Å². The summed E-state index contributed by atoms with van der Waals surface area (Å²) in [5, 5.41) is 4.13. The predicted octanol–water partition coefficient (Wildman–Crippen LogP) is 4.14.